The fraction of sp³-hybridized carbons (Fsp3) is 0.538. The van der Waals surface area contributed by atoms with Gasteiger partial charge < -0.3 is 0 Å². The molecule has 1 fully saturated rings. The molecule has 1 aromatic carbocycles. The number of rotatable bonds is 3. The third-order valence-corrected chi connectivity index (χ3v) is 7.84. The van der Waals surface area contributed by atoms with Gasteiger partial charge in [0.05, 0.1) is 16.4 Å². The van der Waals surface area contributed by atoms with E-state index in [-0.39, 0.29) is 16.4 Å². The fourth-order valence-electron chi connectivity index (χ4n) is 2.40. The molecule has 0 amide bonds. The maximum Gasteiger partial charge on any atom is 0.243 e. The van der Waals surface area contributed by atoms with Gasteiger partial charge in [0.25, 0.3) is 0 Å². The van der Waals surface area contributed by atoms with Crippen LogP contribution >= 0.6 is 0 Å². The second-order valence-corrected chi connectivity index (χ2v) is 9.78. The summed E-state index contributed by atoms with van der Waals surface area (Å²) in [5, 5.41) is 0. The van der Waals surface area contributed by atoms with Crippen LogP contribution in [-0.2, 0) is 19.9 Å². The molecule has 1 atom stereocenters. The Morgan fingerprint density at radius 3 is 2.20 bits per heavy atom. The molecule has 20 heavy (non-hydrogen) atoms. The largest absolute Gasteiger partial charge is 0.243 e. The molecule has 1 heterocycles. The highest BCUT2D eigenvalue weighted by Gasteiger charge is 2.46. The van der Waals surface area contributed by atoms with Crippen molar-refractivity contribution in [3.05, 3.63) is 29.8 Å². The number of aryl methyl sites for hydroxylation is 1. The minimum atomic E-state index is -3.68. The first kappa shape index (κ1) is 15.5. The van der Waals surface area contributed by atoms with Crippen molar-refractivity contribution in [2.45, 2.75) is 30.7 Å². The lowest BCUT2D eigenvalue weighted by Crippen LogP contribution is -2.48. The fourth-order valence-corrected chi connectivity index (χ4v) is 6.20. The monoisotopic (exact) mass is 317 g/mol. The van der Waals surface area contributed by atoms with E-state index in [9.17, 15) is 16.8 Å². The first-order valence-electron chi connectivity index (χ1n) is 6.33. The number of hydrogen-bond acceptors (Lipinski definition) is 4. The smallest absolute Gasteiger partial charge is 0.229 e. The van der Waals surface area contributed by atoms with E-state index < -0.39 is 25.4 Å². The molecule has 112 valence electrons. The maximum atomic E-state index is 12.6. The predicted octanol–water partition coefficient (Wildman–Crippen LogP) is 1.19. The molecule has 0 spiro atoms. The van der Waals surface area contributed by atoms with E-state index in [4.69, 9.17) is 0 Å². The molecule has 5 nitrogen and oxygen atoms in total. The van der Waals surface area contributed by atoms with E-state index in [1.54, 1.807) is 31.2 Å². The Morgan fingerprint density at radius 2 is 1.75 bits per heavy atom. The Hall–Kier alpha value is -0.920. The minimum absolute atomic E-state index is 0.0389. The summed E-state index contributed by atoms with van der Waals surface area (Å²) in [6, 6.07) is 6.56. The van der Waals surface area contributed by atoms with Gasteiger partial charge in [-0.1, -0.05) is 17.7 Å². The van der Waals surface area contributed by atoms with Crippen molar-refractivity contribution < 1.29 is 16.8 Å². The minimum Gasteiger partial charge on any atom is -0.229 e. The first-order chi connectivity index (χ1) is 9.07. The van der Waals surface area contributed by atoms with Gasteiger partial charge in [0, 0.05) is 12.6 Å². The lowest BCUT2D eigenvalue weighted by molar-refractivity contribution is 0.272. The Labute approximate surface area is 120 Å². The van der Waals surface area contributed by atoms with Gasteiger partial charge in [-0.2, -0.15) is 4.31 Å². The van der Waals surface area contributed by atoms with Crippen LogP contribution in [0.15, 0.2) is 29.2 Å². The molecule has 1 saturated heterocycles. The van der Waals surface area contributed by atoms with Crippen LogP contribution in [0, 0.1) is 6.92 Å². The molecular formula is C13H19NO4S2. The molecule has 0 aromatic heterocycles. The van der Waals surface area contributed by atoms with Gasteiger partial charge in [0.2, 0.25) is 10.0 Å². The number of sulfone groups is 1. The molecule has 2 rings (SSSR count). The molecule has 0 unspecified atom stereocenters. The molecule has 1 aliphatic rings. The molecule has 1 aliphatic heterocycles. The number of nitrogens with zero attached hydrogens (tertiary/aromatic N) is 1. The van der Waals surface area contributed by atoms with Gasteiger partial charge in [-0.15, -0.1) is 0 Å². The highest BCUT2D eigenvalue weighted by atomic mass is 32.2. The first-order valence-corrected chi connectivity index (χ1v) is 9.59. The molecule has 0 saturated carbocycles. The van der Waals surface area contributed by atoms with Crippen molar-refractivity contribution in [1.82, 2.24) is 4.31 Å². The van der Waals surface area contributed by atoms with Gasteiger partial charge >= 0.3 is 0 Å². The second-order valence-electron chi connectivity index (χ2n) is 5.62. The van der Waals surface area contributed by atoms with E-state index in [2.05, 4.69) is 0 Å². The van der Waals surface area contributed by atoms with Crippen LogP contribution in [0.3, 0.4) is 0 Å². The summed E-state index contributed by atoms with van der Waals surface area (Å²) in [6.07, 6.45) is 0.330. The zero-order valence-corrected chi connectivity index (χ0v) is 13.5. The van der Waals surface area contributed by atoms with E-state index in [1.165, 1.54) is 11.4 Å². The molecule has 0 aliphatic carbocycles. The Morgan fingerprint density at radius 1 is 1.20 bits per heavy atom. The highest BCUT2D eigenvalue weighted by Crippen LogP contribution is 2.32. The number of hydrogen-bond donors (Lipinski definition) is 0. The highest BCUT2D eigenvalue weighted by molar-refractivity contribution is 7.92. The Kier molecular flexibility index (Phi) is 3.73. The van der Waals surface area contributed by atoms with Crippen molar-refractivity contribution in [3.63, 3.8) is 0 Å². The summed E-state index contributed by atoms with van der Waals surface area (Å²) in [5.74, 6) is -0.0845. The van der Waals surface area contributed by atoms with Crippen LogP contribution in [0.25, 0.3) is 0 Å². The van der Waals surface area contributed by atoms with Gasteiger partial charge in [0.15, 0.2) is 9.84 Å². The maximum absolute atomic E-state index is 12.6. The molecule has 0 radical (unpaired) electrons. The van der Waals surface area contributed by atoms with E-state index >= 15 is 0 Å². The van der Waals surface area contributed by atoms with Crippen molar-refractivity contribution in [3.8, 4) is 0 Å². The van der Waals surface area contributed by atoms with Gasteiger partial charge in [-0.05, 0) is 32.4 Å². The second kappa shape index (κ2) is 4.82. The lowest BCUT2D eigenvalue weighted by Gasteiger charge is -2.33. The van der Waals surface area contributed by atoms with Gasteiger partial charge in [-0.3, -0.25) is 0 Å². The van der Waals surface area contributed by atoms with Crippen LogP contribution in [0.1, 0.15) is 18.9 Å². The zero-order valence-electron chi connectivity index (χ0n) is 11.8. The van der Waals surface area contributed by atoms with Crippen molar-refractivity contribution in [2.24, 2.45) is 0 Å². The molecule has 1 aromatic rings. The summed E-state index contributed by atoms with van der Waals surface area (Å²) in [4.78, 5) is 0.191. The Bertz CT molecular complexity index is 707. The van der Waals surface area contributed by atoms with Crippen LogP contribution in [0.2, 0.25) is 0 Å². The summed E-state index contributed by atoms with van der Waals surface area (Å²) in [7, 11) is -5.38. The summed E-state index contributed by atoms with van der Waals surface area (Å²) >= 11 is 0. The quantitative estimate of drug-likeness (QED) is 0.839. The van der Waals surface area contributed by atoms with Crippen molar-refractivity contribution in [1.29, 1.82) is 0 Å². The van der Waals surface area contributed by atoms with E-state index in [1.807, 2.05) is 6.92 Å². The number of sulfonamides is 1. The SMILES string of the molecule is Cc1ccc(S(=O)(=O)N(C)[C@@]2(C)CCS(=O)(=O)C2)cc1. The molecule has 0 bridgehead atoms. The predicted molar refractivity (Wildman–Crippen MR) is 77.8 cm³/mol. The molecular weight excluding hydrogens is 298 g/mol. The molecule has 0 N–H and O–H groups in total. The van der Waals surface area contributed by atoms with E-state index in [0.29, 0.717) is 6.42 Å². The number of benzene rings is 1. The van der Waals surface area contributed by atoms with Gasteiger partial charge in [-0.25, -0.2) is 16.8 Å². The third kappa shape index (κ3) is 2.75. The van der Waals surface area contributed by atoms with Crippen molar-refractivity contribution in [2.75, 3.05) is 18.6 Å². The summed E-state index contributed by atoms with van der Waals surface area (Å²) in [6.45, 7) is 3.56. The Balaban J connectivity index is 2.37. The zero-order chi connectivity index (χ0) is 15.2. The van der Waals surface area contributed by atoms with E-state index in [0.717, 1.165) is 5.56 Å². The summed E-state index contributed by atoms with van der Waals surface area (Å²) < 4.78 is 49.6. The third-order valence-electron chi connectivity index (χ3n) is 3.92. The van der Waals surface area contributed by atoms with Crippen LogP contribution in [0.5, 0.6) is 0 Å². The van der Waals surface area contributed by atoms with Gasteiger partial charge in [0.1, 0.15) is 0 Å². The normalized spacial score (nSPS) is 26.0. The topological polar surface area (TPSA) is 71.5 Å². The van der Waals surface area contributed by atoms with Crippen LogP contribution in [0.4, 0.5) is 0 Å². The standard InChI is InChI=1S/C13H19NO4S2/c1-11-4-6-12(7-5-11)20(17,18)14(3)13(2)8-9-19(15,16)10-13/h4-7H,8-10H2,1-3H3/t13-/m0/s1. The summed E-state index contributed by atoms with van der Waals surface area (Å²) in [5.41, 5.74) is 0.101. The average molecular weight is 317 g/mol. The molecule has 7 heteroatoms. The van der Waals surface area contributed by atoms with Crippen LogP contribution < -0.4 is 0 Å². The lowest BCUT2D eigenvalue weighted by atomic mass is 10.0. The average Bonchev–Trinajstić information content (AvgIpc) is 2.64. The van der Waals surface area contributed by atoms with Crippen molar-refractivity contribution >= 4 is 19.9 Å². The van der Waals surface area contributed by atoms with Crippen LogP contribution in [-0.4, -0.2) is 45.2 Å².